The number of methoxy groups -OCH3 is 1. The molecule has 0 radical (unpaired) electrons. The normalized spacial score (nSPS) is 21.0. The number of para-hydroxylation sites is 1. The molecule has 0 bridgehead atoms. The van der Waals surface area contributed by atoms with E-state index in [0.717, 1.165) is 31.9 Å². The number of hydrogen-bond acceptors (Lipinski definition) is 3. The van der Waals surface area contributed by atoms with E-state index in [0.29, 0.717) is 12.0 Å². The molecule has 31 heavy (non-hydrogen) atoms. The minimum atomic E-state index is 0.369. The topological polar surface area (TPSA) is 31.5 Å². The van der Waals surface area contributed by atoms with Gasteiger partial charge in [0, 0.05) is 41.3 Å². The van der Waals surface area contributed by atoms with Crippen molar-refractivity contribution < 1.29 is 4.74 Å². The lowest BCUT2D eigenvalue weighted by Gasteiger charge is -2.49. The minimum absolute atomic E-state index is 0.369. The molecule has 3 heterocycles. The van der Waals surface area contributed by atoms with Crippen molar-refractivity contribution in [1.82, 2.24) is 9.88 Å². The van der Waals surface area contributed by atoms with Gasteiger partial charge in [0.05, 0.1) is 19.8 Å². The van der Waals surface area contributed by atoms with Gasteiger partial charge in [0.15, 0.2) is 0 Å². The fourth-order valence-electron chi connectivity index (χ4n) is 5.52. The summed E-state index contributed by atoms with van der Waals surface area (Å²) in [6, 6.07) is 28.6. The highest BCUT2D eigenvalue weighted by atomic mass is 16.5. The number of ether oxygens (including phenoxy) is 1. The van der Waals surface area contributed by atoms with E-state index in [1.807, 2.05) is 0 Å². The van der Waals surface area contributed by atoms with Crippen LogP contribution in [0.25, 0.3) is 10.9 Å². The Balaban J connectivity index is 1.43. The average Bonchev–Trinajstić information content (AvgIpc) is 3.23. The van der Waals surface area contributed by atoms with Gasteiger partial charge >= 0.3 is 0 Å². The zero-order chi connectivity index (χ0) is 20.8. The molecule has 1 saturated heterocycles. The van der Waals surface area contributed by atoms with E-state index in [9.17, 15) is 0 Å². The van der Waals surface area contributed by atoms with Gasteiger partial charge in [0.1, 0.15) is 5.75 Å². The molecule has 0 unspecified atom stereocenters. The van der Waals surface area contributed by atoms with Crippen LogP contribution < -0.4 is 9.64 Å². The maximum Gasteiger partial charge on any atom is 0.119 e. The molecule has 0 spiro atoms. The van der Waals surface area contributed by atoms with Crippen LogP contribution >= 0.6 is 0 Å². The molecular formula is C27H27N3O. The Morgan fingerprint density at radius 1 is 0.903 bits per heavy atom. The number of H-pyrrole nitrogens is 1. The summed E-state index contributed by atoms with van der Waals surface area (Å²) in [5, 5.41) is 1.39. The molecule has 156 valence electrons. The molecule has 2 aliphatic rings. The Bertz CT molecular complexity index is 1200. The molecule has 2 aliphatic heterocycles. The molecule has 0 amide bonds. The zero-order valence-corrected chi connectivity index (χ0v) is 17.8. The number of aromatic amines is 1. The highest BCUT2D eigenvalue weighted by Crippen LogP contribution is 2.45. The van der Waals surface area contributed by atoms with E-state index in [1.54, 1.807) is 7.11 Å². The second-order valence-electron chi connectivity index (χ2n) is 8.65. The number of fused-ring (bicyclic) bond motifs is 5. The summed E-state index contributed by atoms with van der Waals surface area (Å²) in [5.41, 5.74) is 6.84. The Morgan fingerprint density at radius 3 is 2.48 bits per heavy atom. The van der Waals surface area contributed by atoms with E-state index >= 15 is 0 Å². The third-order valence-electron chi connectivity index (χ3n) is 7.00. The zero-order valence-electron chi connectivity index (χ0n) is 17.8. The van der Waals surface area contributed by atoms with Crippen molar-refractivity contribution in [3.8, 4) is 5.75 Å². The van der Waals surface area contributed by atoms with Gasteiger partial charge in [-0.3, -0.25) is 4.90 Å². The van der Waals surface area contributed by atoms with E-state index in [4.69, 9.17) is 4.74 Å². The van der Waals surface area contributed by atoms with E-state index in [-0.39, 0.29) is 0 Å². The standard InChI is InChI=1S/C27H27N3O/c1-31-21-13-11-20(12-14-21)30-17-24(19-7-3-2-4-8-19)27-26-23(15-16-29(27)18-30)22-9-5-6-10-25(22)28-26/h2-14,24,27-28H,15-18H2,1H3/t24-,27-/m1/s1. The second-order valence-corrected chi connectivity index (χ2v) is 8.65. The lowest BCUT2D eigenvalue weighted by Crippen LogP contribution is -2.53. The van der Waals surface area contributed by atoms with Crippen LogP contribution in [0.15, 0.2) is 78.9 Å². The first-order valence-corrected chi connectivity index (χ1v) is 11.1. The molecule has 0 saturated carbocycles. The molecule has 4 aromatic rings. The SMILES string of the molecule is COc1ccc(N2C[C@H](c3ccccc3)[C@@H]3c4[nH]c5ccccc5c4CCN3C2)cc1. The van der Waals surface area contributed by atoms with E-state index < -0.39 is 0 Å². The molecule has 2 atom stereocenters. The summed E-state index contributed by atoms with van der Waals surface area (Å²) in [6.07, 6.45) is 1.09. The number of benzene rings is 3. The van der Waals surface area contributed by atoms with Crippen LogP contribution in [-0.2, 0) is 6.42 Å². The first-order chi connectivity index (χ1) is 15.3. The van der Waals surface area contributed by atoms with Crippen LogP contribution in [0.5, 0.6) is 5.75 Å². The molecule has 1 aromatic heterocycles. The largest absolute Gasteiger partial charge is 0.497 e. The average molecular weight is 410 g/mol. The predicted octanol–water partition coefficient (Wildman–Crippen LogP) is 5.34. The molecule has 0 aliphatic carbocycles. The quantitative estimate of drug-likeness (QED) is 0.496. The third kappa shape index (κ3) is 3.10. The molecule has 6 rings (SSSR count). The smallest absolute Gasteiger partial charge is 0.119 e. The number of hydrogen-bond donors (Lipinski definition) is 1. The Hall–Kier alpha value is -3.24. The van der Waals surface area contributed by atoms with Crippen molar-refractivity contribution in [2.24, 2.45) is 0 Å². The van der Waals surface area contributed by atoms with Gasteiger partial charge in [-0.2, -0.15) is 0 Å². The highest BCUT2D eigenvalue weighted by Gasteiger charge is 2.41. The van der Waals surface area contributed by atoms with Crippen molar-refractivity contribution in [2.75, 3.05) is 31.8 Å². The van der Waals surface area contributed by atoms with Gasteiger partial charge in [-0.15, -0.1) is 0 Å². The maximum absolute atomic E-state index is 5.37. The van der Waals surface area contributed by atoms with Gasteiger partial charge < -0.3 is 14.6 Å². The molecule has 4 heteroatoms. The number of aromatic nitrogens is 1. The molecule has 1 N–H and O–H groups in total. The summed E-state index contributed by atoms with van der Waals surface area (Å²) in [5.74, 6) is 1.29. The van der Waals surface area contributed by atoms with Gasteiger partial charge in [-0.25, -0.2) is 0 Å². The Labute approximate surface area is 183 Å². The number of nitrogens with zero attached hydrogens (tertiary/aromatic N) is 2. The number of rotatable bonds is 3. The number of anilines is 1. The summed E-state index contributed by atoms with van der Waals surface area (Å²) in [7, 11) is 1.72. The van der Waals surface area contributed by atoms with Gasteiger partial charge in [-0.05, 0) is 47.9 Å². The molecule has 3 aromatic carbocycles. The molecule has 4 nitrogen and oxygen atoms in total. The second kappa shape index (κ2) is 7.47. The molecule has 1 fully saturated rings. The lowest BCUT2D eigenvalue weighted by atomic mass is 9.82. The van der Waals surface area contributed by atoms with E-state index in [2.05, 4.69) is 93.6 Å². The minimum Gasteiger partial charge on any atom is -0.497 e. The predicted molar refractivity (Wildman–Crippen MR) is 126 cm³/mol. The first-order valence-electron chi connectivity index (χ1n) is 11.1. The molecular weight excluding hydrogens is 382 g/mol. The van der Waals surface area contributed by atoms with Crippen molar-refractivity contribution in [2.45, 2.75) is 18.4 Å². The summed E-state index contributed by atoms with van der Waals surface area (Å²) >= 11 is 0. The van der Waals surface area contributed by atoms with Gasteiger partial charge in [0.2, 0.25) is 0 Å². The van der Waals surface area contributed by atoms with Crippen LogP contribution in [0.4, 0.5) is 5.69 Å². The van der Waals surface area contributed by atoms with Crippen LogP contribution in [0.3, 0.4) is 0 Å². The fourth-order valence-corrected chi connectivity index (χ4v) is 5.52. The Morgan fingerprint density at radius 2 is 1.68 bits per heavy atom. The summed E-state index contributed by atoms with van der Waals surface area (Å²) in [4.78, 5) is 8.98. The van der Waals surface area contributed by atoms with Gasteiger partial charge in [0.25, 0.3) is 0 Å². The van der Waals surface area contributed by atoms with Crippen molar-refractivity contribution >= 4 is 16.6 Å². The lowest BCUT2D eigenvalue weighted by molar-refractivity contribution is 0.126. The number of nitrogens with one attached hydrogen (secondary N) is 1. The first kappa shape index (κ1) is 18.5. The van der Waals surface area contributed by atoms with Crippen LogP contribution in [0.1, 0.15) is 28.8 Å². The van der Waals surface area contributed by atoms with Gasteiger partial charge in [-0.1, -0.05) is 48.5 Å². The van der Waals surface area contributed by atoms with Crippen molar-refractivity contribution in [3.63, 3.8) is 0 Å². The van der Waals surface area contributed by atoms with Crippen LogP contribution in [-0.4, -0.2) is 36.8 Å². The fraction of sp³-hybridized carbons (Fsp3) is 0.259. The van der Waals surface area contributed by atoms with E-state index in [1.165, 1.54) is 33.4 Å². The maximum atomic E-state index is 5.37. The van der Waals surface area contributed by atoms with Crippen molar-refractivity contribution in [3.05, 3.63) is 95.7 Å². The monoisotopic (exact) mass is 409 g/mol. The third-order valence-corrected chi connectivity index (χ3v) is 7.00. The van der Waals surface area contributed by atoms with Crippen LogP contribution in [0, 0.1) is 0 Å². The summed E-state index contributed by atoms with van der Waals surface area (Å²) < 4.78 is 5.37. The Kier molecular flexibility index (Phi) is 4.46. The van der Waals surface area contributed by atoms with Crippen molar-refractivity contribution in [1.29, 1.82) is 0 Å². The highest BCUT2D eigenvalue weighted by molar-refractivity contribution is 5.85. The summed E-state index contributed by atoms with van der Waals surface area (Å²) in [6.45, 7) is 3.01. The van der Waals surface area contributed by atoms with Crippen LogP contribution in [0.2, 0.25) is 0 Å².